The summed E-state index contributed by atoms with van der Waals surface area (Å²) in [4.78, 5) is 0. The van der Waals surface area contributed by atoms with Gasteiger partial charge < -0.3 is 4.57 Å². The average molecular weight is 296 g/mol. The molecule has 1 aromatic carbocycles. The van der Waals surface area contributed by atoms with E-state index < -0.39 is 0 Å². The van der Waals surface area contributed by atoms with Gasteiger partial charge in [0.25, 0.3) is 0 Å². The zero-order valence-electron chi connectivity index (χ0n) is 13.5. The van der Waals surface area contributed by atoms with Gasteiger partial charge in [-0.1, -0.05) is 30.2 Å². The lowest BCUT2D eigenvalue weighted by Crippen LogP contribution is -2.02. The number of aryl methyl sites for hydroxylation is 4. The van der Waals surface area contributed by atoms with Crippen LogP contribution in [0.25, 0.3) is 10.9 Å². The molecule has 4 heteroatoms. The summed E-state index contributed by atoms with van der Waals surface area (Å²) in [6, 6.07) is 8.86. The number of nitrogens with zero attached hydrogens (tertiary/aromatic N) is 4. The molecule has 0 spiro atoms. The second-order valence-electron chi connectivity index (χ2n) is 6.00. The molecule has 22 heavy (non-hydrogen) atoms. The van der Waals surface area contributed by atoms with Gasteiger partial charge in [-0.25, -0.2) is 0 Å². The van der Waals surface area contributed by atoms with Crippen LogP contribution in [0.1, 0.15) is 37.4 Å². The SMILES string of the molecule is CCCc1cn(CCCCn2ccc3cc(C)ccc32)nn1. The Bertz CT molecular complexity index is 738. The number of fused-ring (bicyclic) bond motifs is 1. The summed E-state index contributed by atoms with van der Waals surface area (Å²) in [5.41, 5.74) is 3.75. The zero-order chi connectivity index (χ0) is 15.4. The summed E-state index contributed by atoms with van der Waals surface area (Å²) >= 11 is 0. The molecular formula is C18H24N4. The highest BCUT2D eigenvalue weighted by Gasteiger charge is 2.02. The van der Waals surface area contributed by atoms with Crippen LogP contribution in [0, 0.1) is 6.92 Å². The molecule has 3 aromatic rings. The van der Waals surface area contributed by atoms with Crippen LogP contribution in [0.5, 0.6) is 0 Å². The first-order valence-corrected chi connectivity index (χ1v) is 8.21. The van der Waals surface area contributed by atoms with E-state index in [1.807, 2.05) is 4.68 Å². The van der Waals surface area contributed by atoms with Gasteiger partial charge in [-0.2, -0.15) is 0 Å². The minimum Gasteiger partial charge on any atom is -0.347 e. The fraction of sp³-hybridized carbons (Fsp3) is 0.444. The molecule has 0 aliphatic rings. The Morgan fingerprint density at radius 2 is 1.95 bits per heavy atom. The topological polar surface area (TPSA) is 35.6 Å². The molecule has 0 fully saturated rings. The van der Waals surface area contributed by atoms with Gasteiger partial charge in [0.05, 0.1) is 5.69 Å². The Kier molecular flexibility index (Phi) is 4.56. The van der Waals surface area contributed by atoms with Gasteiger partial charge in [0.2, 0.25) is 0 Å². The fourth-order valence-corrected chi connectivity index (χ4v) is 2.89. The van der Waals surface area contributed by atoms with Crippen molar-refractivity contribution in [1.82, 2.24) is 19.6 Å². The van der Waals surface area contributed by atoms with E-state index in [9.17, 15) is 0 Å². The maximum Gasteiger partial charge on any atom is 0.0827 e. The Balaban J connectivity index is 1.51. The van der Waals surface area contributed by atoms with Gasteiger partial charge in [0.1, 0.15) is 0 Å². The molecule has 2 aromatic heterocycles. The molecule has 116 valence electrons. The molecule has 0 atom stereocenters. The number of rotatable bonds is 7. The maximum absolute atomic E-state index is 4.19. The Morgan fingerprint density at radius 1 is 1.09 bits per heavy atom. The van der Waals surface area contributed by atoms with Crippen LogP contribution in [-0.2, 0) is 19.5 Å². The minimum absolute atomic E-state index is 0.953. The van der Waals surface area contributed by atoms with E-state index >= 15 is 0 Å². The van der Waals surface area contributed by atoms with Crippen LogP contribution in [0.4, 0.5) is 0 Å². The van der Waals surface area contributed by atoms with E-state index in [0.717, 1.165) is 44.5 Å². The number of aromatic nitrogens is 4. The van der Waals surface area contributed by atoms with Crippen LogP contribution in [-0.4, -0.2) is 19.6 Å². The van der Waals surface area contributed by atoms with E-state index in [4.69, 9.17) is 0 Å². The van der Waals surface area contributed by atoms with Crippen molar-refractivity contribution in [2.45, 2.75) is 52.6 Å². The molecule has 0 radical (unpaired) electrons. The van der Waals surface area contributed by atoms with Gasteiger partial charge >= 0.3 is 0 Å². The maximum atomic E-state index is 4.19. The smallest absolute Gasteiger partial charge is 0.0827 e. The first kappa shape index (κ1) is 14.8. The fourth-order valence-electron chi connectivity index (χ4n) is 2.89. The zero-order valence-corrected chi connectivity index (χ0v) is 13.5. The minimum atomic E-state index is 0.953. The number of hydrogen-bond acceptors (Lipinski definition) is 2. The molecule has 0 unspecified atom stereocenters. The molecule has 2 heterocycles. The lowest BCUT2D eigenvalue weighted by Gasteiger charge is -2.06. The van der Waals surface area contributed by atoms with E-state index in [0.29, 0.717) is 0 Å². The molecule has 0 aliphatic heterocycles. The monoisotopic (exact) mass is 296 g/mol. The summed E-state index contributed by atoms with van der Waals surface area (Å²) in [6.45, 7) is 6.32. The highest BCUT2D eigenvalue weighted by molar-refractivity contribution is 5.80. The van der Waals surface area contributed by atoms with Crippen molar-refractivity contribution < 1.29 is 0 Å². The highest BCUT2D eigenvalue weighted by atomic mass is 15.4. The summed E-state index contributed by atoms with van der Waals surface area (Å²) < 4.78 is 4.32. The summed E-state index contributed by atoms with van der Waals surface area (Å²) in [7, 11) is 0. The summed E-state index contributed by atoms with van der Waals surface area (Å²) in [5.74, 6) is 0. The Morgan fingerprint density at radius 3 is 2.82 bits per heavy atom. The first-order valence-electron chi connectivity index (χ1n) is 8.21. The molecule has 0 bridgehead atoms. The molecule has 4 nitrogen and oxygen atoms in total. The van der Waals surface area contributed by atoms with Gasteiger partial charge in [-0.05, 0) is 49.8 Å². The third-order valence-corrected chi connectivity index (χ3v) is 4.05. The molecule has 0 saturated carbocycles. The van der Waals surface area contributed by atoms with Crippen LogP contribution in [0.15, 0.2) is 36.7 Å². The molecule has 3 rings (SSSR count). The van der Waals surface area contributed by atoms with E-state index in [1.54, 1.807) is 0 Å². The van der Waals surface area contributed by atoms with Crippen LogP contribution < -0.4 is 0 Å². The van der Waals surface area contributed by atoms with Gasteiger partial charge in [0.15, 0.2) is 0 Å². The lowest BCUT2D eigenvalue weighted by molar-refractivity contribution is 0.516. The van der Waals surface area contributed by atoms with Crippen LogP contribution in [0.3, 0.4) is 0 Å². The Hall–Kier alpha value is -2.10. The second kappa shape index (κ2) is 6.77. The van der Waals surface area contributed by atoms with Crippen LogP contribution in [0.2, 0.25) is 0 Å². The quantitative estimate of drug-likeness (QED) is 0.618. The number of benzene rings is 1. The lowest BCUT2D eigenvalue weighted by atomic mass is 10.2. The van der Waals surface area contributed by atoms with Gasteiger partial charge in [0, 0.05) is 31.0 Å². The number of hydrogen-bond donors (Lipinski definition) is 0. The molecule has 0 amide bonds. The largest absolute Gasteiger partial charge is 0.347 e. The average Bonchev–Trinajstić information content (AvgIpc) is 3.11. The van der Waals surface area contributed by atoms with Crippen molar-refractivity contribution in [3.05, 3.63) is 47.9 Å². The van der Waals surface area contributed by atoms with Crippen molar-refractivity contribution in [1.29, 1.82) is 0 Å². The second-order valence-corrected chi connectivity index (χ2v) is 6.00. The van der Waals surface area contributed by atoms with Crippen molar-refractivity contribution in [3.63, 3.8) is 0 Å². The molecule has 0 aliphatic carbocycles. The summed E-state index contributed by atoms with van der Waals surface area (Å²) in [5, 5.41) is 9.71. The predicted octanol–water partition coefficient (Wildman–Crippen LogP) is 3.97. The van der Waals surface area contributed by atoms with Crippen molar-refractivity contribution in [2.75, 3.05) is 0 Å². The van der Waals surface area contributed by atoms with E-state index in [2.05, 4.69) is 65.4 Å². The van der Waals surface area contributed by atoms with Crippen molar-refractivity contribution >= 4 is 10.9 Å². The van der Waals surface area contributed by atoms with Gasteiger partial charge in [-0.15, -0.1) is 5.10 Å². The van der Waals surface area contributed by atoms with E-state index in [1.165, 1.54) is 16.5 Å². The summed E-state index contributed by atoms with van der Waals surface area (Å²) in [6.07, 6.45) is 8.70. The normalized spacial score (nSPS) is 11.4. The van der Waals surface area contributed by atoms with Crippen molar-refractivity contribution in [3.8, 4) is 0 Å². The van der Waals surface area contributed by atoms with Crippen LogP contribution >= 0.6 is 0 Å². The molecule has 0 saturated heterocycles. The number of unbranched alkanes of at least 4 members (excludes halogenated alkanes) is 1. The van der Waals surface area contributed by atoms with Gasteiger partial charge in [-0.3, -0.25) is 4.68 Å². The third-order valence-electron chi connectivity index (χ3n) is 4.05. The predicted molar refractivity (Wildman–Crippen MR) is 89.9 cm³/mol. The molecular weight excluding hydrogens is 272 g/mol. The highest BCUT2D eigenvalue weighted by Crippen LogP contribution is 2.18. The van der Waals surface area contributed by atoms with Crippen molar-refractivity contribution in [2.24, 2.45) is 0 Å². The Labute approximate surface area is 131 Å². The standard InChI is InChI=1S/C18H24N4/c1-3-6-17-14-22(20-19-17)11-5-4-10-21-12-9-16-13-15(2)7-8-18(16)21/h7-9,12-14H,3-6,10-11H2,1-2H3. The third kappa shape index (κ3) is 3.38. The first-order chi connectivity index (χ1) is 10.8. The van der Waals surface area contributed by atoms with E-state index in [-0.39, 0.29) is 0 Å². The molecule has 0 N–H and O–H groups in total.